The molecular formula is C7H12Br3. The van der Waals surface area contributed by atoms with Crippen molar-refractivity contribution in [2.75, 3.05) is 16.0 Å². The number of halogens is 3. The Labute approximate surface area is 88.5 Å². The second-order valence-electron chi connectivity index (χ2n) is 2.51. The van der Waals surface area contributed by atoms with Crippen molar-refractivity contribution in [3.63, 3.8) is 0 Å². The predicted octanol–water partition coefficient (Wildman–Crippen LogP) is 3.77. The highest BCUT2D eigenvalue weighted by molar-refractivity contribution is 9.10. The first-order chi connectivity index (χ1) is 4.74. The maximum atomic E-state index is 3.51. The van der Waals surface area contributed by atoms with E-state index in [-0.39, 0.29) is 0 Å². The zero-order valence-corrected chi connectivity index (χ0v) is 10.8. The van der Waals surface area contributed by atoms with Crippen LogP contribution in [-0.2, 0) is 0 Å². The smallest absolute Gasteiger partial charge is 0.0104 e. The summed E-state index contributed by atoms with van der Waals surface area (Å²) in [6.45, 7) is 2.10. The van der Waals surface area contributed by atoms with Gasteiger partial charge in [-0.15, -0.1) is 0 Å². The van der Waals surface area contributed by atoms with E-state index in [1.807, 2.05) is 0 Å². The molecule has 0 nitrogen and oxygen atoms in total. The molecule has 0 heterocycles. The summed E-state index contributed by atoms with van der Waals surface area (Å²) in [5.74, 6) is 0. The van der Waals surface area contributed by atoms with Gasteiger partial charge in [-0.3, -0.25) is 0 Å². The maximum Gasteiger partial charge on any atom is 0.0104 e. The van der Waals surface area contributed by atoms with Crippen molar-refractivity contribution in [2.45, 2.75) is 13.3 Å². The van der Waals surface area contributed by atoms with Gasteiger partial charge in [0, 0.05) is 16.0 Å². The van der Waals surface area contributed by atoms with Crippen molar-refractivity contribution >= 4 is 47.8 Å². The van der Waals surface area contributed by atoms with Crippen LogP contribution in [0.15, 0.2) is 0 Å². The molecule has 0 fully saturated rings. The number of rotatable bonds is 5. The minimum atomic E-state index is 0.370. The standard InChI is InChI=1S/C7H12Br3/c1-2-3-7(4-8,5-9)6-10/h2H,3-6H2,1H3. The molecule has 0 aromatic carbocycles. The van der Waals surface area contributed by atoms with Gasteiger partial charge in [-0.2, -0.15) is 0 Å². The molecule has 10 heavy (non-hydrogen) atoms. The lowest BCUT2D eigenvalue weighted by Crippen LogP contribution is -2.26. The second-order valence-corrected chi connectivity index (χ2v) is 4.20. The van der Waals surface area contributed by atoms with E-state index in [0.29, 0.717) is 5.41 Å². The summed E-state index contributed by atoms with van der Waals surface area (Å²) in [5.41, 5.74) is 0.370. The van der Waals surface area contributed by atoms with E-state index in [1.165, 1.54) is 0 Å². The Morgan fingerprint density at radius 2 is 1.50 bits per heavy atom. The van der Waals surface area contributed by atoms with Crippen LogP contribution >= 0.6 is 47.8 Å². The van der Waals surface area contributed by atoms with Crippen molar-refractivity contribution in [3.05, 3.63) is 6.42 Å². The lowest BCUT2D eigenvalue weighted by Gasteiger charge is -2.26. The van der Waals surface area contributed by atoms with Crippen molar-refractivity contribution in [1.82, 2.24) is 0 Å². The fourth-order valence-corrected chi connectivity index (χ4v) is 4.18. The maximum absolute atomic E-state index is 3.51. The van der Waals surface area contributed by atoms with Gasteiger partial charge in [-0.1, -0.05) is 54.7 Å². The highest BCUT2D eigenvalue weighted by Gasteiger charge is 2.24. The van der Waals surface area contributed by atoms with Crippen molar-refractivity contribution in [2.24, 2.45) is 5.41 Å². The second kappa shape index (κ2) is 6.01. The molecule has 0 aliphatic rings. The number of hydrogen-bond acceptors (Lipinski definition) is 0. The van der Waals surface area contributed by atoms with Crippen LogP contribution in [0.3, 0.4) is 0 Å². The molecule has 0 atom stereocenters. The molecule has 0 saturated carbocycles. The lowest BCUT2D eigenvalue weighted by molar-refractivity contribution is 0.448. The molecule has 0 N–H and O–H groups in total. The van der Waals surface area contributed by atoms with Crippen LogP contribution in [-0.4, -0.2) is 16.0 Å². The SMILES string of the molecule is C[CH]CC(CBr)(CBr)CBr. The number of hydrogen-bond donors (Lipinski definition) is 0. The van der Waals surface area contributed by atoms with Crippen molar-refractivity contribution < 1.29 is 0 Å². The number of alkyl halides is 3. The fourth-order valence-electron chi connectivity index (χ4n) is 0.704. The van der Waals surface area contributed by atoms with Gasteiger partial charge in [-0.25, -0.2) is 0 Å². The molecule has 0 saturated heterocycles. The van der Waals surface area contributed by atoms with E-state index in [4.69, 9.17) is 0 Å². The summed E-state index contributed by atoms with van der Waals surface area (Å²) in [5, 5.41) is 3.13. The molecule has 1 radical (unpaired) electrons. The van der Waals surface area contributed by atoms with Crippen LogP contribution in [0.5, 0.6) is 0 Å². The zero-order chi connectivity index (χ0) is 8.04. The van der Waals surface area contributed by atoms with Crippen LogP contribution in [0.25, 0.3) is 0 Å². The summed E-state index contributed by atoms with van der Waals surface area (Å²) < 4.78 is 0. The van der Waals surface area contributed by atoms with Crippen molar-refractivity contribution in [3.8, 4) is 0 Å². The minimum Gasteiger partial charge on any atom is -0.0921 e. The summed E-state index contributed by atoms with van der Waals surface area (Å²) in [6.07, 6.45) is 3.36. The summed E-state index contributed by atoms with van der Waals surface area (Å²) >= 11 is 10.5. The molecule has 61 valence electrons. The summed E-state index contributed by atoms with van der Waals surface area (Å²) in [7, 11) is 0. The fraction of sp³-hybridized carbons (Fsp3) is 0.857. The third-order valence-electron chi connectivity index (χ3n) is 1.49. The summed E-state index contributed by atoms with van der Waals surface area (Å²) in [4.78, 5) is 0. The van der Waals surface area contributed by atoms with Gasteiger partial charge in [-0.05, 0) is 18.3 Å². The van der Waals surface area contributed by atoms with E-state index in [9.17, 15) is 0 Å². The van der Waals surface area contributed by atoms with E-state index in [1.54, 1.807) is 0 Å². The quantitative estimate of drug-likeness (QED) is 0.671. The van der Waals surface area contributed by atoms with Gasteiger partial charge in [0.25, 0.3) is 0 Å². The van der Waals surface area contributed by atoms with Gasteiger partial charge in [0.05, 0.1) is 0 Å². The summed E-state index contributed by atoms with van der Waals surface area (Å²) in [6, 6.07) is 0. The Balaban J connectivity index is 3.87. The molecule has 0 aromatic rings. The van der Waals surface area contributed by atoms with E-state index in [0.717, 1.165) is 22.4 Å². The normalized spacial score (nSPS) is 12.0. The Morgan fingerprint density at radius 3 is 1.60 bits per heavy atom. The Bertz CT molecular complexity index is 70.7. The van der Waals surface area contributed by atoms with Gasteiger partial charge < -0.3 is 0 Å². The topological polar surface area (TPSA) is 0 Å². The van der Waals surface area contributed by atoms with Crippen LogP contribution < -0.4 is 0 Å². The first-order valence-corrected chi connectivity index (χ1v) is 6.57. The molecule has 0 aromatic heterocycles. The predicted molar refractivity (Wildman–Crippen MR) is 58.4 cm³/mol. The average molecular weight is 336 g/mol. The molecule has 0 spiro atoms. The Hall–Kier alpha value is 1.44. The van der Waals surface area contributed by atoms with Crippen LogP contribution in [0.1, 0.15) is 13.3 Å². The molecule has 0 unspecified atom stereocenters. The molecule has 0 rings (SSSR count). The van der Waals surface area contributed by atoms with Crippen molar-refractivity contribution in [1.29, 1.82) is 0 Å². The third kappa shape index (κ3) is 3.22. The highest BCUT2D eigenvalue weighted by atomic mass is 79.9. The minimum absolute atomic E-state index is 0.370. The van der Waals surface area contributed by atoms with Crippen LogP contribution in [0.4, 0.5) is 0 Å². The van der Waals surface area contributed by atoms with Gasteiger partial charge in [0.1, 0.15) is 0 Å². The van der Waals surface area contributed by atoms with E-state index in [2.05, 4.69) is 61.1 Å². The van der Waals surface area contributed by atoms with Gasteiger partial charge in [0.2, 0.25) is 0 Å². The lowest BCUT2D eigenvalue weighted by atomic mass is 9.91. The monoisotopic (exact) mass is 333 g/mol. The van der Waals surface area contributed by atoms with Crippen LogP contribution in [0.2, 0.25) is 0 Å². The molecule has 0 amide bonds. The largest absolute Gasteiger partial charge is 0.0921 e. The molecule has 0 bridgehead atoms. The third-order valence-corrected chi connectivity index (χ3v) is 5.06. The molecule has 0 aliphatic heterocycles. The Morgan fingerprint density at radius 1 is 1.10 bits per heavy atom. The average Bonchev–Trinajstić information content (AvgIpc) is 2.01. The molecular weight excluding hydrogens is 324 g/mol. The highest BCUT2D eigenvalue weighted by Crippen LogP contribution is 2.30. The Kier molecular flexibility index (Phi) is 6.88. The first kappa shape index (κ1) is 11.4. The van der Waals surface area contributed by atoms with Crippen LogP contribution in [0, 0.1) is 11.8 Å². The molecule has 0 aliphatic carbocycles. The van der Waals surface area contributed by atoms with E-state index < -0.39 is 0 Å². The van der Waals surface area contributed by atoms with Gasteiger partial charge in [0.15, 0.2) is 0 Å². The molecule has 3 heteroatoms. The van der Waals surface area contributed by atoms with E-state index >= 15 is 0 Å². The zero-order valence-electron chi connectivity index (χ0n) is 6.04. The van der Waals surface area contributed by atoms with Gasteiger partial charge >= 0.3 is 0 Å². The first-order valence-electron chi connectivity index (χ1n) is 3.20.